The van der Waals surface area contributed by atoms with E-state index in [2.05, 4.69) is 10.1 Å². The third kappa shape index (κ3) is 2.53. The number of hydrogen-bond donors (Lipinski definition) is 1. The van der Waals surface area contributed by atoms with Gasteiger partial charge in [0.1, 0.15) is 11.5 Å². The summed E-state index contributed by atoms with van der Waals surface area (Å²) in [6.45, 7) is 1.59. The first-order valence-electron chi connectivity index (χ1n) is 5.41. The summed E-state index contributed by atoms with van der Waals surface area (Å²) in [6.07, 6.45) is -0.715. The second-order valence-electron chi connectivity index (χ2n) is 3.78. The highest BCUT2D eigenvalue weighted by Crippen LogP contribution is 2.31. The van der Waals surface area contributed by atoms with Crippen molar-refractivity contribution in [2.24, 2.45) is 0 Å². The van der Waals surface area contributed by atoms with Crippen LogP contribution in [-0.4, -0.2) is 31.7 Å². The van der Waals surface area contributed by atoms with E-state index in [9.17, 15) is 9.59 Å². The lowest BCUT2D eigenvalue weighted by atomic mass is 10.2. The number of anilines is 1. The lowest BCUT2D eigenvalue weighted by molar-refractivity contribution is -0.147. The molecule has 0 saturated carbocycles. The van der Waals surface area contributed by atoms with E-state index < -0.39 is 12.1 Å². The van der Waals surface area contributed by atoms with Crippen LogP contribution in [0, 0.1) is 0 Å². The number of rotatable bonds is 3. The molecule has 0 aliphatic carbocycles. The summed E-state index contributed by atoms with van der Waals surface area (Å²) in [5.74, 6) is 0.346. The molecule has 1 unspecified atom stereocenters. The van der Waals surface area contributed by atoms with Crippen LogP contribution in [0.15, 0.2) is 18.2 Å². The molecule has 1 N–H and O–H groups in total. The summed E-state index contributed by atoms with van der Waals surface area (Å²) in [4.78, 5) is 22.4. The Kier molecular flexibility index (Phi) is 3.36. The van der Waals surface area contributed by atoms with E-state index in [1.807, 2.05) is 0 Å². The second-order valence-corrected chi connectivity index (χ2v) is 3.78. The first-order valence-corrected chi connectivity index (χ1v) is 5.41. The van der Waals surface area contributed by atoms with Crippen LogP contribution in [-0.2, 0) is 14.3 Å². The minimum Gasteiger partial charge on any atom is -0.482 e. The molecule has 18 heavy (non-hydrogen) atoms. The minimum atomic E-state index is -0.715. The van der Waals surface area contributed by atoms with Gasteiger partial charge in [0, 0.05) is 6.07 Å². The van der Waals surface area contributed by atoms with Crippen molar-refractivity contribution in [2.75, 3.05) is 19.0 Å². The summed E-state index contributed by atoms with van der Waals surface area (Å²) < 4.78 is 15.1. The van der Waals surface area contributed by atoms with E-state index in [1.165, 1.54) is 7.11 Å². The van der Waals surface area contributed by atoms with Gasteiger partial charge in [0.2, 0.25) is 0 Å². The normalized spacial score (nSPS) is 14.9. The fourth-order valence-corrected chi connectivity index (χ4v) is 1.55. The molecule has 1 aromatic carbocycles. The fourth-order valence-electron chi connectivity index (χ4n) is 1.55. The summed E-state index contributed by atoms with van der Waals surface area (Å²) in [5, 5.41) is 2.66. The van der Waals surface area contributed by atoms with Crippen molar-refractivity contribution in [1.82, 2.24) is 0 Å². The molecule has 1 aliphatic rings. The van der Waals surface area contributed by atoms with Gasteiger partial charge in [-0.15, -0.1) is 0 Å². The van der Waals surface area contributed by atoms with Gasteiger partial charge in [0.05, 0.1) is 12.8 Å². The zero-order valence-corrected chi connectivity index (χ0v) is 10.1. The average Bonchev–Trinajstić information content (AvgIpc) is 2.37. The molecule has 6 nitrogen and oxygen atoms in total. The van der Waals surface area contributed by atoms with Crippen LogP contribution in [0.5, 0.6) is 11.5 Å². The average molecular weight is 251 g/mol. The zero-order chi connectivity index (χ0) is 13.1. The van der Waals surface area contributed by atoms with Crippen molar-refractivity contribution in [3.63, 3.8) is 0 Å². The molecule has 1 heterocycles. The molecule has 0 saturated heterocycles. The SMILES string of the molecule is COC(=O)C(C)Oc1ccc2c(c1)NC(=O)CO2. The number of methoxy groups -OCH3 is 1. The van der Waals surface area contributed by atoms with Crippen molar-refractivity contribution in [1.29, 1.82) is 0 Å². The van der Waals surface area contributed by atoms with Crippen molar-refractivity contribution in [3.8, 4) is 11.5 Å². The number of benzene rings is 1. The van der Waals surface area contributed by atoms with Gasteiger partial charge in [0.25, 0.3) is 5.91 Å². The van der Waals surface area contributed by atoms with Gasteiger partial charge in [-0.05, 0) is 19.1 Å². The Labute approximate surface area is 104 Å². The van der Waals surface area contributed by atoms with Crippen LogP contribution < -0.4 is 14.8 Å². The molecule has 0 radical (unpaired) electrons. The Morgan fingerprint density at radius 1 is 1.50 bits per heavy atom. The Morgan fingerprint density at radius 3 is 3.00 bits per heavy atom. The highest BCUT2D eigenvalue weighted by atomic mass is 16.6. The number of nitrogens with one attached hydrogen (secondary N) is 1. The quantitative estimate of drug-likeness (QED) is 0.810. The first-order chi connectivity index (χ1) is 8.60. The molecule has 0 bridgehead atoms. The number of fused-ring (bicyclic) bond motifs is 1. The van der Waals surface area contributed by atoms with Crippen LogP contribution in [0.3, 0.4) is 0 Å². The number of carbonyl (C=O) groups excluding carboxylic acids is 2. The molecule has 0 fully saturated rings. The maximum Gasteiger partial charge on any atom is 0.346 e. The smallest absolute Gasteiger partial charge is 0.346 e. The van der Waals surface area contributed by atoms with Gasteiger partial charge in [-0.2, -0.15) is 0 Å². The first kappa shape index (κ1) is 12.2. The zero-order valence-electron chi connectivity index (χ0n) is 10.1. The van der Waals surface area contributed by atoms with Gasteiger partial charge in [-0.1, -0.05) is 0 Å². The number of esters is 1. The van der Waals surface area contributed by atoms with Crippen LogP contribution in [0.25, 0.3) is 0 Å². The van der Waals surface area contributed by atoms with Crippen LogP contribution in [0.1, 0.15) is 6.92 Å². The van der Waals surface area contributed by atoms with Gasteiger partial charge < -0.3 is 19.5 Å². The molecule has 1 aliphatic heterocycles. The molecule has 2 rings (SSSR count). The monoisotopic (exact) mass is 251 g/mol. The van der Waals surface area contributed by atoms with Crippen LogP contribution >= 0.6 is 0 Å². The predicted molar refractivity (Wildman–Crippen MR) is 62.7 cm³/mol. The van der Waals surface area contributed by atoms with Gasteiger partial charge in [-0.25, -0.2) is 4.79 Å². The molecular formula is C12H13NO5. The summed E-state index contributed by atoms with van der Waals surface area (Å²) in [7, 11) is 1.29. The Hall–Kier alpha value is -2.24. The van der Waals surface area contributed by atoms with E-state index >= 15 is 0 Å². The van der Waals surface area contributed by atoms with Crippen LogP contribution in [0.2, 0.25) is 0 Å². The third-order valence-corrected chi connectivity index (χ3v) is 2.43. The Bertz CT molecular complexity index is 485. The number of amides is 1. The maximum absolute atomic E-state index is 11.2. The predicted octanol–water partition coefficient (Wildman–Crippen LogP) is 0.958. The van der Waals surface area contributed by atoms with E-state index in [-0.39, 0.29) is 12.5 Å². The molecule has 0 aromatic heterocycles. The van der Waals surface area contributed by atoms with Crippen LogP contribution in [0.4, 0.5) is 5.69 Å². The van der Waals surface area contributed by atoms with Crippen molar-refractivity contribution in [3.05, 3.63) is 18.2 Å². The largest absolute Gasteiger partial charge is 0.482 e. The third-order valence-electron chi connectivity index (χ3n) is 2.43. The van der Waals surface area contributed by atoms with E-state index in [1.54, 1.807) is 25.1 Å². The Balaban J connectivity index is 2.13. The second kappa shape index (κ2) is 4.95. The van der Waals surface area contributed by atoms with Crippen molar-refractivity contribution >= 4 is 17.6 Å². The molecule has 1 amide bonds. The minimum absolute atomic E-state index is 0.00572. The topological polar surface area (TPSA) is 73.9 Å². The van der Waals surface area contributed by atoms with Crippen molar-refractivity contribution in [2.45, 2.75) is 13.0 Å². The molecule has 6 heteroatoms. The number of carbonyl (C=O) groups is 2. The van der Waals surface area contributed by atoms with Gasteiger partial charge in [-0.3, -0.25) is 4.79 Å². The number of ether oxygens (including phenoxy) is 3. The standard InChI is InChI=1S/C12H13NO5/c1-7(12(15)16-2)18-8-3-4-10-9(5-8)13-11(14)6-17-10/h3-5,7H,6H2,1-2H3,(H,13,14). The Morgan fingerprint density at radius 2 is 2.28 bits per heavy atom. The summed E-state index contributed by atoms with van der Waals surface area (Å²) in [5.41, 5.74) is 0.529. The van der Waals surface area contributed by atoms with Gasteiger partial charge in [0.15, 0.2) is 12.7 Å². The van der Waals surface area contributed by atoms with E-state index in [0.29, 0.717) is 17.2 Å². The lowest BCUT2D eigenvalue weighted by Gasteiger charge is -2.19. The molecule has 1 aromatic rings. The summed E-state index contributed by atoms with van der Waals surface area (Å²) >= 11 is 0. The highest BCUT2D eigenvalue weighted by Gasteiger charge is 2.19. The summed E-state index contributed by atoms with van der Waals surface area (Å²) in [6, 6.07) is 4.94. The molecule has 96 valence electrons. The number of hydrogen-bond acceptors (Lipinski definition) is 5. The van der Waals surface area contributed by atoms with Crippen molar-refractivity contribution < 1.29 is 23.8 Å². The molecule has 1 atom stereocenters. The fraction of sp³-hybridized carbons (Fsp3) is 0.333. The lowest BCUT2D eigenvalue weighted by Crippen LogP contribution is -2.26. The van der Waals surface area contributed by atoms with E-state index in [0.717, 1.165) is 0 Å². The molecule has 0 spiro atoms. The van der Waals surface area contributed by atoms with Gasteiger partial charge >= 0.3 is 5.97 Å². The highest BCUT2D eigenvalue weighted by molar-refractivity contribution is 5.95. The van der Waals surface area contributed by atoms with E-state index in [4.69, 9.17) is 9.47 Å². The maximum atomic E-state index is 11.2. The molecular weight excluding hydrogens is 238 g/mol.